The summed E-state index contributed by atoms with van der Waals surface area (Å²) in [4.78, 5) is 0. The molecule has 0 aliphatic carbocycles. The number of aliphatic hydroxyl groups excluding tert-OH is 1. The summed E-state index contributed by atoms with van der Waals surface area (Å²) in [6.07, 6.45) is 5.17. The van der Waals surface area contributed by atoms with Crippen LogP contribution in [0.4, 0.5) is 0 Å². The van der Waals surface area contributed by atoms with Crippen molar-refractivity contribution in [3.05, 3.63) is 28.8 Å². The van der Waals surface area contributed by atoms with Crippen LogP contribution in [0.15, 0.2) is 18.2 Å². The topological polar surface area (TPSA) is 41.5 Å². The third kappa shape index (κ3) is 4.58. The van der Waals surface area contributed by atoms with E-state index in [0.717, 1.165) is 5.56 Å². The van der Waals surface area contributed by atoms with Crippen molar-refractivity contribution in [3.8, 4) is 18.1 Å². The Balaban J connectivity index is 2.79. The van der Waals surface area contributed by atoms with Gasteiger partial charge in [0.2, 0.25) is 0 Å². The molecule has 98 valence electrons. The highest BCUT2D eigenvalue weighted by atomic mass is 35.5. The third-order valence-electron chi connectivity index (χ3n) is 2.49. The highest BCUT2D eigenvalue weighted by Crippen LogP contribution is 2.23. The number of benzene rings is 1. The van der Waals surface area contributed by atoms with Gasteiger partial charge in [0.05, 0.1) is 6.61 Å². The Kier molecular flexibility index (Phi) is 5.49. The summed E-state index contributed by atoms with van der Waals surface area (Å²) in [6.45, 7) is 4.65. The van der Waals surface area contributed by atoms with Gasteiger partial charge in [-0.3, -0.25) is 0 Å². The number of hydrogen-bond donors (Lipinski definition) is 2. The summed E-state index contributed by atoms with van der Waals surface area (Å²) in [5, 5.41) is 13.1. The number of hydrogen-bond acceptors (Lipinski definition) is 3. The fourth-order valence-corrected chi connectivity index (χ4v) is 1.53. The number of aliphatic hydroxyl groups is 1. The van der Waals surface area contributed by atoms with Crippen LogP contribution in [0.1, 0.15) is 19.4 Å². The van der Waals surface area contributed by atoms with Crippen molar-refractivity contribution in [2.45, 2.75) is 25.9 Å². The van der Waals surface area contributed by atoms with E-state index >= 15 is 0 Å². The molecular formula is C14H18ClNO2. The van der Waals surface area contributed by atoms with Gasteiger partial charge in [-0.05, 0) is 32.0 Å². The molecule has 0 aliphatic rings. The molecule has 3 nitrogen and oxygen atoms in total. The van der Waals surface area contributed by atoms with E-state index in [1.54, 1.807) is 12.1 Å². The molecule has 4 heteroatoms. The van der Waals surface area contributed by atoms with Gasteiger partial charge in [-0.25, -0.2) is 0 Å². The van der Waals surface area contributed by atoms with Crippen molar-refractivity contribution in [2.75, 3.05) is 13.2 Å². The smallest absolute Gasteiger partial charge is 0.148 e. The average Bonchev–Trinajstić information content (AvgIpc) is 2.35. The molecule has 0 heterocycles. The maximum Gasteiger partial charge on any atom is 0.148 e. The Morgan fingerprint density at radius 2 is 2.22 bits per heavy atom. The minimum atomic E-state index is -0.355. The summed E-state index contributed by atoms with van der Waals surface area (Å²) >= 11 is 5.96. The predicted molar refractivity (Wildman–Crippen MR) is 73.8 cm³/mol. The molecular weight excluding hydrogens is 250 g/mol. The maximum atomic E-state index is 9.19. The van der Waals surface area contributed by atoms with E-state index in [9.17, 15) is 5.11 Å². The Bertz CT molecular complexity index is 438. The minimum absolute atomic E-state index is 0.0497. The van der Waals surface area contributed by atoms with Gasteiger partial charge in [0.25, 0.3) is 0 Å². The Hall–Kier alpha value is -1.21. The molecule has 1 rings (SSSR count). The molecule has 0 aromatic heterocycles. The van der Waals surface area contributed by atoms with Gasteiger partial charge >= 0.3 is 0 Å². The van der Waals surface area contributed by atoms with Gasteiger partial charge in [0.1, 0.15) is 12.4 Å². The molecule has 0 saturated carbocycles. The molecule has 0 atom stereocenters. The van der Waals surface area contributed by atoms with Crippen LogP contribution in [0.5, 0.6) is 5.75 Å². The van der Waals surface area contributed by atoms with E-state index in [1.807, 2.05) is 19.9 Å². The molecule has 0 spiro atoms. The van der Waals surface area contributed by atoms with E-state index < -0.39 is 0 Å². The normalized spacial score (nSPS) is 11.1. The van der Waals surface area contributed by atoms with Crippen LogP contribution in [-0.2, 0) is 6.54 Å². The SMILES string of the molecule is C#CCOc1ccc(Cl)cc1CNC(C)(C)CO. The van der Waals surface area contributed by atoms with Crippen molar-refractivity contribution in [2.24, 2.45) is 0 Å². The number of ether oxygens (including phenoxy) is 1. The lowest BCUT2D eigenvalue weighted by atomic mass is 10.1. The maximum absolute atomic E-state index is 9.19. The highest BCUT2D eigenvalue weighted by Gasteiger charge is 2.16. The molecule has 0 fully saturated rings. The van der Waals surface area contributed by atoms with Crippen molar-refractivity contribution in [1.82, 2.24) is 5.32 Å². The van der Waals surface area contributed by atoms with Gasteiger partial charge in [0.15, 0.2) is 0 Å². The Labute approximate surface area is 113 Å². The molecule has 0 radical (unpaired) electrons. The zero-order valence-electron chi connectivity index (χ0n) is 10.7. The zero-order valence-corrected chi connectivity index (χ0v) is 11.4. The van der Waals surface area contributed by atoms with E-state index in [4.69, 9.17) is 22.8 Å². The summed E-state index contributed by atoms with van der Waals surface area (Å²) in [6, 6.07) is 5.38. The van der Waals surface area contributed by atoms with Crippen LogP contribution in [-0.4, -0.2) is 23.9 Å². The first-order valence-electron chi connectivity index (χ1n) is 5.69. The van der Waals surface area contributed by atoms with Crippen LogP contribution in [0.25, 0.3) is 0 Å². The van der Waals surface area contributed by atoms with Gasteiger partial charge in [0, 0.05) is 22.7 Å². The number of nitrogens with one attached hydrogen (secondary N) is 1. The zero-order chi connectivity index (χ0) is 13.6. The first-order valence-corrected chi connectivity index (χ1v) is 6.07. The number of halogens is 1. The van der Waals surface area contributed by atoms with Crippen LogP contribution >= 0.6 is 11.6 Å². The molecule has 1 aromatic rings. The Morgan fingerprint density at radius 1 is 1.50 bits per heavy atom. The van der Waals surface area contributed by atoms with Crippen LogP contribution in [0.3, 0.4) is 0 Å². The second-order valence-corrected chi connectivity index (χ2v) is 5.08. The van der Waals surface area contributed by atoms with Gasteiger partial charge in [-0.15, -0.1) is 6.42 Å². The van der Waals surface area contributed by atoms with E-state index in [1.165, 1.54) is 0 Å². The second-order valence-electron chi connectivity index (χ2n) is 4.64. The summed E-state index contributed by atoms with van der Waals surface area (Å²) < 4.78 is 5.44. The molecule has 0 saturated heterocycles. The second kappa shape index (κ2) is 6.65. The minimum Gasteiger partial charge on any atom is -0.481 e. The van der Waals surface area contributed by atoms with Crippen molar-refractivity contribution < 1.29 is 9.84 Å². The first kappa shape index (κ1) is 14.8. The van der Waals surface area contributed by atoms with Gasteiger partial charge in [-0.2, -0.15) is 0 Å². The summed E-state index contributed by atoms with van der Waals surface area (Å²) in [7, 11) is 0. The van der Waals surface area contributed by atoms with E-state index in [0.29, 0.717) is 17.3 Å². The monoisotopic (exact) mass is 267 g/mol. The van der Waals surface area contributed by atoms with E-state index in [2.05, 4.69) is 11.2 Å². The molecule has 2 N–H and O–H groups in total. The summed E-state index contributed by atoms with van der Waals surface area (Å²) in [5.74, 6) is 3.13. The fraction of sp³-hybridized carbons (Fsp3) is 0.429. The number of terminal acetylenes is 1. The highest BCUT2D eigenvalue weighted by molar-refractivity contribution is 6.30. The molecule has 18 heavy (non-hydrogen) atoms. The van der Waals surface area contributed by atoms with Gasteiger partial charge < -0.3 is 15.2 Å². The van der Waals surface area contributed by atoms with Crippen LogP contribution < -0.4 is 10.1 Å². The molecule has 0 bridgehead atoms. The quantitative estimate of drug-likeness (QED) is 0.777. The molecule has 0 unspecified atom stereocenters. The fourth-order valence-electron chi connectivity index (χ4n) is 1.34. The van der Waals surface area contributed by atoms with Crippen molar-refractivity contribution in [3.63, 3.8) is 0 Å². The van der Waals surface area contributed by atoms with E-state index in [-0.39, 0.29) is 18.8 Å². The predicted octanol–water partition coefficient (Wildman–Crippen LogP) is 2.21. The molecule has 0 amide bonds. The lowest BCUT2D eigenvalue weighted by molar-refractivity contribution is 0.187. The third-order valence-corrected chi connectivity index (χ3v) is 2.72. The average molecular weight is 268 g/mol. The first-order chi connectivity index (χ1) is 8.48. The Morgan fingerprint density at radius 3 is 2.83 bits per heavy atom. The molecule has 1 aromatic carbocycles. The largest absolute Gasteiger partial charge is 0.481 e. The van der Waals surface area contributed by atoms with Crippen molar-refractivity contribution >= 4 is 11.6 Å². The van der Waals surface area contributed by atoms with Gasteiger partial charge in [-0.1, -0.05) is 17.5 Å². The molecule has 0 aliphatic heterocycles. The van der Waals surface area contributed by atoms with Crippen LogP contribution in [0.2, 0.25) is 5.02 Å². The summed E-state index contributed by atoms with van der Waals surface area (Å²) in [5.41, 5.74) is 0.561. The lowest BCUT2D eigenvalue weighted by Gasteiger charge is -2.24. The van der Waals surface area contributed by atoms with Crippen LogP contribution in [0, 0.1) is 12.3 Å². The lowest BCUT2D eigenvalue weighted by Crippen LogP contribution is -2.42. The number of rotatable bonds is 6. The standard InChI is InChI=1S/C14H18ClNO2/c1-4-7-18-13-6-5-12(15)8-11(13)9-16-14(2,3)10-17/h1,5-6,8,16-17H,7,9-10H2,2-3H3. The van der Waals surface area contributed by atoms with Crippen molar-refractivity contribution in [1.29, 1.82) is 0 Å².